The molecule has 0 fully saturated rings. The van der Waals surface area contributed by atoms with Crippen molar-refractivity contribution in [1.29, 1.82) is 0 Å². The molecule has 3 nitrogen and oxygen atoms in total. The lowest BCUT2D eigenvalue weighted by molar-refractivity contribution is -0.116. The van der Waals surface area contributed by atoms with Gasteiger partial charge in [0, 0.05) is 12.4 Å². The van der Waals surface area contributed by atoms with Crippen LogP contribution in [0.1, 0.15) is 0 Å². The Kier molecular flexibility index (Phi) is 2.50. The van der Waals surface area contributed by atoms with E-state index in [0.717, 1.165) is 16.9 Å². The summed E-state index contributed by atoms with van der Waals surface area (Å²) in [5.41, 5.74) is 0. The smallest absolute Gasteiger partial charge is 0.0696 e. The van der Waals surface area contributed by atoms with E-state index in [9.17, 15) is 0 Å². The van der Waals surface area contributed by atoms with Gasteiger partial charge >= 0.3 is 0 Å². The maximum absolute atomic E-state index is 7.95. The van der Waals surface area contributed by atoms with Gasteiger partial charge in [0.05, 0.1) is 16.9 Å². The molecular weight excluding hydrogens is 138 g/mol. The number of nitrogens with zero attached hydrogens (tertiary/aromatic N) is 1. The minimum Gasteiger partial charge on any atom is -0.263 e. The van der Waals surface area contributed by atoms with Crippen LogP contribution in [0.3, 0.4) is 0 Å². The molecule has 1 N–H and O–H groups in total. The summed E-state index contributed by atoms with van der Waals surface area (Å²) in [6.07, 6.45) is 3.25. The number of pyridine rings is 1. The van der Waals surface area contributed by atoms with Gasteiger partial charge in [0.1, 0.15) is 0 Å². The molecule has 0 unspecified atom stereocenters. The zero-order chi connectivity index (χ0) is 6.53. The fourth-order valence-corrected chi connectivity index (χ4v) is 0.763. The van der Waals surface area contributed by atoms with Gasteiger partial charge in [0.2, 0.25) is 0 Å². The molecule has 0 radical (unpaired) electrons. The molecule has 1 rings (SSSR count). The molecular formula is C5H5NO2S. The third-order valence-electron chi connectivity index (χ3n) is 0.768. The summed E-state index contributed by atoms with van der Waals surface area (Å²) in [4.78, 5) is 4.57. The van der Waals surface area contributed by atoms with Gasteiger partial charge in [-0.1, -0.05) is 0 Å². The first-order valence-corrected chi connectivity index (χ1v) is 3.06. The third kappa shape index (κ3) is 2.01. The van der Waals surface area contributed by atoms with Crippen LogP contribution in [-0.2, 0) is 4.33 Å². The van der Waals surface area contributed by atoms with Crippen molar-refractivity contribution in [2.45, 2.75) is 4.90 Å². The minimum absolute atomic E-state index is 0.778. The highest BCUT2D eigenvalue weighted by Gasteiger charge is 1.89. The summed E-state index contributed by atoms with van der Waals surface area (Å²) in [6.45, 7) is 0. The molecule has 0 bridgehead atoms. The average molecular weight is 143 g/mol. The third-order valence-corrected chi connectivity index (χ3v) is 1.28. The lowest BCUT2D eigenvalue weighted by Crippen LogP contribution is -1.73. The van der Waals surface area contributed by atoms with E-state index in [-0.39, 0.29) is 0 Å². The van der Waals surface area contributed by atoms with Crippen molar-refractivity contribution in [1.82, 2.24) is 4.98 Å². The van der Waals surface area contributed by atoms with Crippen molar-refractivity contribution in [3.8, 4) is 0 Å². The van der Waals surface area contributed by atoms with Gasteiger partial charge in [-0.2, -0.15) is 4.33 Å². The molecule has 0 saturated carbocycles. The molecule has 1 aromatic heterocycles. The zero-order valence-corrected chi connectivity index (χ0v) is 5.34. The Hall–Kier alpha value is -0.580. The van der Waals surface area contributed by atoms with Crippen LogP contribution in [0.4, 0.5) is 0 Å². The summed E-state index contributed by atoms with van der Waals surface area (Å²) in [7, 11) is 0. The molecule has 0 atom stereocenters. The van der Waals surface area contributed by atoms with E-state index in [1.807, 2.05) is 0 Å². The van der Waals surface area contributed by atoms with Crippen molar-refractivity contribution < 1.29 is 9.59 Å². The Labute approximate surface area is 56.8 Å². The van der Waals surface area contributed by atoms with Gasteiger partial charge in [0.15, 0.2) is 0 Å². The first-order valence-electron chi connectivity index (χ1n) is 2.31. The maximum atomic E-state index is 7.95. The van der Waals surface area contributed by atoms with Crippen LogP contribution in [-0.4, -0.2) is 10.2 Å². The van der Waals surface area contributed by atoms with Crippen LogP contribution in [0.15, 0.2) is 29.4 Å². The van der Waals surface area contributed by atoms with Gasteiger partial charge < -0.3 is 0 Å². The fourth-order valence-electron chi connectivity index (χ4n) is 0.439. The summed E-state index contributed by atoms with van der Waals surface area (Å²) >= 11 is 0.868. The van der Waals surface area contributed by atoms with Gasteiger partial charge in [-0.05, 0) is 12.1 Å². The molecule has 0 saturated heterocycles. The van der Waals surface area contributed by atoms with Crippen molar-refractivity contribution in [3.63, 3.8) is 0 Å². The van der Waals surface area contributed by atoms with Gasteiger partial charge in [-0.15, -0.1) is 0 Å². The van der Waals surface area contributed by atoms with Crippen LogP contribution in [0.5, 0.6) is 0 Å². The molecule has 0 aliphatic carbocycles. The van der Waals surface area contributed by atoms with Crippen LogP contribution < -0.4 is 0 Å². The molecule has 0 aromatic carbocycles. The van der Waals surface area contributed by atoms with E-state index in [1.54, 1.807) is 24.5 Å². The van der Waals surface area contributed by atoms with Crippen molar-refractivity contribution in [2.24, 2.45) is 0 Å². The number of aromatic nitrogens is 1. The second-order valence-electron chi connectivity index (χ2n) is 1.35. The lowest BCUT2D eigenvalue weighted by Gasteiger charge is -1.90. The second-order valence-corrected chi connectivity index (χ2v) is 2.13. The van der Waals surface area contributed by atoms with Crippen molar-refractivity contribution >= 4 is 12.0 Å². The predicted octanol–water partition coefficient (Wildman–Crippen LogP) is 1.58. The van der Waals surface area contributed by atoms with Crippen molar-refractivity contribution in [3.05, 3.63) is 24.5 Å². The Morgan fingerprint density at radius 3 is 3.11 bits per heavy atom. The monoisotopic (exact) mass is 143 g/mol. The molecule has 1 heterocycles. The molecule has 48 valence electrons. The molecule has 9 heavy (non-hydrogen) atoms. The Balaban J connectivity index is 2.61. The van der Waals surface area contributed by atoms with Gasteiger partial charge in [0.25, 0.3) is 0 Å². The van der Waals surface area contributed by atoms with E-state index in [4.69, 9.17) is 5.26 Å². The SMILES string of the molecule is OOSc1cccnc1. The number of hydrogen-bond acceptors (Lipinski definition) is 4. The normalized spacial score (nSPS) is 9.44. The molecule has 0 aliphatic heterocycles. The summed E-state index contributed by atoms with van der Waals surface area (Å²) in [6, 6.07) is 3.55. The highest BCUT2D eigenvalue weighted by molar-refractivity contribution is 7.94. The average Bonchev–Trinajstić information content (AvgIpc) is 1.91. The van der Waals surface area contributed by atoms with Crippen LogP contribution >= 0.6 is 12.0 Å². The number of rotatable bonds is 2. The Morgan fingerprint density at radius 2 is 2.56 bits per heavy atom. The highest BCUT2D eigenvalue weighted by Crippen LogP contribution is 2.14. The summed E-state index contributed by atoms with van der Waals surface area (Å²) in [5.74, 6) is 0. The van der Waals surface area contributed by atoms with Crippen molar-refractivity contribution in [2.75, 3.05) is 0 Å². The topological polar surface area (TPSA) is 42.4 Å². The summed E-state index contributed by atoms with van der Waals surface area (Å²) < 4.78 is 3.80. The first kappa shape index (κ1) is 6.54. The van der Waals surface area contributed by atoms with Gasteiger partial charge in [-0.3, -0.25) is 4.98 Å². The largest absolute Gasteiger partial charge is 0.263 e. The van der Waals surface area contributed by atoms with Crippen LogP contribution in [0.25, 0.3) is 0 Å². The lowest BCUT2D eigenvalue weighted by atomic mass is 10.5. The van der Waals surface area contributed by atoms with E-state index >= 15 is 0 Å². The van der Waals surface area contributed by atoms with Crippen LogP contribution in [0.2, 0.25) is 0 Å². The van der Waals surface area contributed by atoms with Crippen LogP contribution in [0, 0.1) is 0 Å². The second kappa shape index (κ2) is 3.45. The highest BCUT2D eigenvalue weighted by atomic mass is 32.2. The molecule has 4 heteroatoms. The molecule has 1 aromatic rings. The van der Waals surface area contributed by atoms with E-state index in [2.05, 4.69) is 9.32 Å². The van der Waals surface area contributed by atoms with E-state index in [1.165, 1.54) is 0 Å². The Morgan fingerprint density at radius 1 is 1.67 bits per heavy atom. The zero-order valence-electron chi connectivity index (χ0n) is 4.52. The summed E-state index contributed by atoms with van der Waals surface area (Å²) in [5, 5.41) is 7.95. The van der Waals surface area contributed by atoms with Gasteiger partial charge in [-0.25, -0.2) is 5.26 Å². The minimum atomic E-state index is 0.778. The number of hydrogen-bond donors (Lipinski definition) is 1. The van der Waals surface area contributed by atoms with E-state index < -0.39 is 0 Å². The fraction of sp³-hybridized carbons (Fsp3) is 0. The first-order chi connectivity index (χ1) is 4.43. The standard InChI is InChI=1S/C5H5NO2S/c7-8-9-5-2-1-3-6-4-5/h1-4,7H. The molecule has 0 aliphatic rings. The quantitative estimate of drug-likeness (QED) is 0.387. The predicted molar refractivity (Wildman–Crippen MR) is 33.8 cm³/mol. The maximum Gasteiger partial charge on any atom is 0.0696 e. The molecule has 0 amide bonds. The van der Waals surface area contributed by atoms with E-state index in [0.29, 0.717) is 0 Å². The molecule has 0 spiro atoms. The Bertz CT molecular complexity index is 168.